The van der Waals surface area contributed by atoms with E-state index in [1.54, 1.807) is 6.07 Å². The van der Waals surface area contributed by atoms with Crippen molar-refractivity contribution in [2.45, 2.75) is 31.4 Å². The van der Waals surface area contributed by atoms with Crippen molar-refractivity contribution in [1.29, 1.82) is 5.26 Å². The molecule has 0 unspecified atom stereocenters. The molecule has 1 aromatic carbocycles. The van der Waals surface area contributed by atoms with Crippen LogP contribution in [0.5, 0.6) is 0 Å². The molecule has 0 spiro atoms. The molecule has 2 rings (SSSR count). The summed E-state index contributed by atoms with van der Waals surface area (Å²) in [5, 5.41) is 20.8. The molecule has 0 bridgehead atoms. The van der Waals surface area contributed by atoms with Gasteiger partial charge in [0.25, 0.3) is 0 Å². The number of anilines is 1. The zero-order valence-electron chi connectivity index (χ0n) is 12.2. The summed E-state index contributed by atoms with van der Waals surface area (Å²) in [4.78, 5) is 22.9. The number of nitriles is 1. The Hall–Kier alpha value is -2.00. The summed E-state index contributed by atoms with van der Waals surface area (Å²) in [6, 6.07) is 9.49. The maximum Gasteiger partial charge on any atom is 0.313 e. The lowest BCUT2D eigenvalue weighted by atomic mass is 9.87. The molecule has 22 heavy (non-hydrogen) atoms. The van der Waals surface area contributed by atoms with Gasteiger partial charge in [-0.2, -0.15) is 5.26 Å². The van der Waals surface area contributed by atoms with Gasteiger partial charge in [0, 0.05) is 11.4 Å². The molecular formula is C16H18N2O3S. The maximum absolute atomic E-state index is 12.4. The van der Waals surface area contributed by atoms with Crippen molar-refractivity contribution in [2.75, 3.05) is 11.1 Å². The second-order valence-corrected chi connectivity index (χ2v) is 6.43. The van der Waals surface area contributed by atoms with Crippen LogP contribution < -0.4 is 5.32 Å². The van der Waals surface area contributed by atoms with E-state index in [-0.39, 0.29) is 11.7 Å². The topological polar surface area (TPSA) is 90.2 Å². The highest BCUT2D eigenvalue weighted by Gasteiger charge is 2.41. The summed E-state index contributed by atoms with van der Waals surface area (Å²) in [7, 11) is 0. The number of carboxylic acids is 1. The second kappa shape index (κ2) is 7.32. The van der Waals surface area contributed by atoms with Crippen LogP contribution in [0.3, 0.4) is 0 Å². The van der Waals surface area contributed by atoms with Gasteiger partial charge in [-0.25, -0.2) is 0 Å². The quantitative estimate of drug-likeness (QED) is 0.841. The normalized spacial score (nSPS) is 16.0. The lowest BCUT2D eigenvalue weighted by molar-refractivity contribution is -0.134. The summed E-state index contributed by atoms with van der Waals surface area (Å²) in [6.45, 7) is 0. The smallest absolute Gasteiger partial charge is 0.313 e. The number of hydrogen-bond donors (Lipinski definition) is 2. The molecule has 0 saturated heterocycles. The molecule has 0 radical (unpaired) electrons. The zero-order valence-corrected chi connectivity index (χ0v) is 13.0. The molecule has 1 saturated carbocycles. The predicted octanol–water partition coefficient (Wildman–Crippen LogP) is 3.03. The molecule has 1 aliphatic rings. The first-order valence-electron chi connectivity index (χ1n) is 7.17. The van der Waals surface area contributed by atoms with Gasteiger partial charge in [-0.3, -0.25) is 9.59 Å². The first-order valence-corrected chi connectivity index (χ1v) is 8.32. The van der Waals surface area contributed by atoms with E-state index in [9.17, 15) is 14.9 Å². The van der Waals surface area contributed by atoms with E-state index in [0.29, 0.717) is 24.3 Å². The van der Waals surface area contributed by atoms with E-state index in [1.807, 2.05) is 18.2 Å². The predicted molar refractivity (Wildman–Crippen MR) is 85.4 cm³/mol. The number of carboxylic acid groups (broad SMARTS) is 1. The first-order chi connectivity index (χ1) is 10.6. The molecule has 1 aliphatic carbocycles. The number of carbonyl (C=O) groups is 2. The highest BCUT2D eigenvalue weighted by molar-refractivity contribution is 7.99. The molecule has 1 amide bonds. The summed E-state index contributed by atoms with van der Waals surface area (Å²) in [6.07, 6.45) is 3.05. The lowest BCUT2D eigenvalue weighted by Gasteiger charge is -2.19. The molecule has 0 heterocycles. The van der Waals surface area contributed by atoms with E-state index in [4.69, 9.17) is 5.11 Å². The highest BCUT2D eigenvalue weighted by Crippen LogP contribution is 2.38. The summed E-state index contributed by atoms with van der Waals surface area (Å²) in [5.41, 5.74) is 0.704. The minimum absolute atomic E-state index is 0.0497. The van der Waals surface area contributed by atoms with E-state index in [0.717, 1.165) is 18.4 Å². The van der Waals surface area contributed by atoms with Crippen LogP contribution in [0.1, 0.15) is 31.2 Å². The van der Waals surface area contributed by atoms with Crippen LogP contribution in [0.25, 0.3) is 0 Å². The van der Waals surface area contributed by atoms with Crippen LogP contribution in [-0.2, 0) is 15.3 Å². The van der Waals surface area contributed by atoms with Gasteiger partial charge < -0.3 is 10.4 Å². The zero-order chi connectivity index (χ0) is 16.0. The van der Waals surface area contributed by atoms with Crippen LogP contribution in [0.2, 0.25) is 0 Å². The second-order valence-electron chi connectivity index (χ2n) is 5.44. The van der Waals surface area contributed by atoms with Crippen molar-refractivity contribution in [3.05, 3.63) is 29.8 Å². The standard InChI is InChI=1S/C16H18N2O3S/c17-11-16(6-1-2-7-16)15(21)18-13-5-3-4-12(8-13)9-22-10-14(19)20/h3-5,8H,1-2,6-7,9-10H2,(H,18,21)(H,19,20). The molecule has 6 heteroatoms. The average Bonchev–Trinajstić information content (AvgIpc) is 2.97. The van der Waals surface area contributed by atoms with Gasteiger partial charge in [-0.05, 0) is 30.5 Å². The molecule has 1 aromatic rings. The SMILES string of the molecule is N#CC1(C(=O)Nc2cccc(CSCC(=O)O)c2)CCCC1. The highest BCUT2D eigenvalue weighted by atomic mass is 32.2. The number of hydrogen-bond acceptors (Lipinski definition) is 4. The molecule has 1 fully saturated rings. The lowest BCUT2D eigenvalue weighted by Crippen LogP contribution is -2.32. The minimum atomic E-state index is -0.895. The van der Waals surface area contributed by atoms with Crippen molar-refractivity contribution in [1.82, 2.24) is 0 Å². The molecule has 5 nitrogen and oxygen atoms in total. The Morgan fingerprint density at radius 1 is 1.36 bits per heavy atom. The third-order valence-electron chi connectivity index (χ3n) is 3.78. The third-order valence-corrected chi connectivity index (χ3v) is 4.77. The van der Waals surface area contributed by atoms with Crippen LogP contribution in [0, 0.1) is 16.7 Å². The van der Waals surface area contributed by atoms with E-state index < -0.39 is 11.4 Å². The van der Waals surface area contributed by atoms with Gasteiger partial charge in [-0.1, -0.05) is 25.0 Å². The fourth-order valence-electron chi connectivity index (χ4n) is 2.61. The van der Waals surface area contributed by atoms with Gasteiger partial charge in [0.15, 0.2) is 0 Å². The Kier molecular flexibility index (Phi) is 5.45. The Morgan fingerprint density at radius 2 is 2.09 bits per heavy atom. The van der Waals surface area contributed by atoms with Crippen molar-refractivity contribution >= 4 is 29.3 Å². The van der Waals surface area contributed by atoms with E-state index in [2.05, 4.69) is 11.4 Å². The Bertz CT molecular complexity index is 604. The fraction of sp³-hybridized carbons (Fsp3) is 0.438. The maximum atomic E-state index is 12.4. The molecular weight excluding hydrogens is 300 g/mol. The van der Waals surface area contributed by atoms with E-state index in [1.165, 1.54) is 11.8 Å². The molecule has 0 aromatic heterocycles. The van der Waals surface area contributed by atoms with Crippen molar-refractivity contribution in [2.24, 2.45) is 5.41 Å². The number of amides is 1. The average molecular weight is 318 g/mol. The molecule has 0 atom stereocenters. The number of benzene rings is 1. The monoisotopic (exact) mass is 318 g/mol. The van der Waals surface area contributed by atoms with Gasteiger partial charge in [0.05, 0.1) is 11.8 Å². The van der Waals surface area contributed by atoms with Crippen LogP contribution in [0.4, 0.5) is 5.69 Å². The number of thioether (sulfide) groups is 1. The first kappa shape index (κ1) is 16.4. The van der Waals surface area contributed by atoms with Crippen LogP contribution in [-0.4, -0.2) is 22.7 Å². The van der Waals surface area contributed by atoms with Gasteiger partial charge in [0.2, 0.25) is 5.91 Å². The Labute approximate surface area is 133 Å². The largest absolute Gasteiger partial charge is 0.481 e. The summed E-state index contributed by atoms with van der Waals surface area (Å²) < 4.78 is 0. The van der Waals surface area contributed by atoms with Crippen molar-refractivity contribution in [3.8, 4) is 6.07 Å². The Balaban J connectivity index is 1.99. The summed E-state index contributed by atoms with van der Waals surface area (Å²) >= 11 is 1.31. The Morgan fingerprint density at radius 3 is 2.73 bits per heavy atom. The fourth-order valence-corrected chi connectivity index (χ4v) is 3.31. The summed E-state index contributed by atoms with van der Waals surface area (Å²) in [5.74, 6) is -0.456. The third kappa shape index (κ3) is 4.01. The number of nitrogens with zero attached hydrogens (tertiary/aromatic N) is 1. The van der Waals surface area contributed by atoms with Crippen molar-refractivity contribution < 1.29 is 14.7 Å². The molecule has 2 N–H and O–H groups in total. The number of aliphatic carboxylic acids is 1. The van der Waals surface area contributed by atoms with Gasteiger partial charge in [0.1, 0.15) is 5.41 Å². The number of carbonyl (C=O) groups excluding carboxylic acids is 1. The minimum Gasteiger partial charge on any atom is -0.481 e. The molecule has 116 valence electrons. The van der Waals surface area contributed by atoms with E-state index >= 15 is 0 Å². The van der Waals surface area contributed by atoms with Crippen LogP contribution in [0.15, 0.2) is 24.3 Å². The number of rotatable bonds is 6. The number of nitrogens with one attached hydrogen (secondary N) is 1. The molecule has 0 aliphatic heterocycles. The van der Waals surface area contributed by atoms with Crippen LogP contribution >= 0.6 is 11.8 Å². The van der Waals surface area contributed by atoms with Gasteiger partial charge >= 0.3 is 5.97 Å². The van der Waals surface area contributed by atoms with Crippen molar-refractivity contribution in [3.63, 3.8) is 0 Å². The van der Waals surface area contributed by atoms with Gasteiger partial charge in [-0.15, -0.1) is 11.8 Å².